The molecule has 0 saturated carbocycles. The van der Waals surface area contributed by atoms with E-state index >= 15 is 0 Å². The molecule has 1 fully saturated rings. The van der Waals surface area contributed by atoms with E-state index in [0.29, 0.717) is 12.1 Å². The second-order valence-electron chi connectivity index (χ2n) is 5.85. The lowest BCUT2D eigenvalue weighted by molar-refractivity contribution is -0.0528. The smallest absolute Gasteiger partial charge is 0.123 e. The fourth-order valence-electron chi connectivity index (χ4n) is 2.75. The van der Waals surface area contributed by atoms with Crippen LogP contribution in [0.3, 0.4) is 0 Å². The first-order chi connectivity index (χ1) is 10.1. The maximum Gasteiger partial charge on any atom is 0.123 e. The highest BCUT2D eigenvalue weighted by Gasteiger charge is 2.24. The highest BCUT2D eigenvalue weighted by atomic mass is 16.5. The lowest BCUT2D eigenvalue weighted by Crippen LogP contribution is -2.46. The normalized spacial score (nSPS) is 23.2. The first-order valence-electron chi connectivity index (χ1n) is 7.86. The van der Waals surface area contributed by atoms with Crippen molar-refractivity contribution in [1.29, 1.82) is 0 Å². The SMILES string of the molecule is CCNCc1ccc(OC)c(CN2CC(C)OCC2C)c1. The number of hydrogen-bond acceptors (Lipinski definition) is 4. The van der Waals surface area contributed by atoms with Crippen LogP contribution in [0.2, 0.25) is 0 Å². The molecule has 4 nitrogen and oxygen atoms in total. The van der Waals surface area contributed by atoms with Gasteiger partial charge in [-0.05, 0) is 38.1 Å². The summed E-state index contributed by atoms with van der Waals surface area (Å²) in [5.41, 5.74) is 2.57. The van der Waals surface area contributed by atoms with Crippen LogP contribution in [0, 0.1) is 0 Å². The van der Waals surface area contributed by atoms with Gasteiger partial charge in [-0.2, -0.15) is 0 Å². The number of ether oxygens (including phenoxy) is 2. The van der Waals surface area contributed by atoms with E-state index in [9.17, 15) is 0 Å². The molecule has 0 amide bonds. The molecule has 1 aliphatic heterocycles. The number of rotatable bonds is 6. The number of methoxy groups -OCH3 is 1. The Labute approximate surface area is 128 Å². The first-order valence-corrected chi connectivity index (χ1v) is 7.86. The van der Waals surface area contributed by atoms with Crippen LogP contribution in [0.15, 0.2) is 18.2 Å². The molecule has 1 aromatic carbocycles. The zero-order valence-electron chi connectivity index (χ0n) is 13.7. The van der Waals surface area contributed by atoms with Crippen molar-refractivity contribution >= 4 is 0 Å². The van der Waals surface area contributed by atoms with Gasteiger partial charge in [0.2, 0.25) is 0 Å². The summed E-state index contributed by atoms with van der Waals surface area (Å²) in [4.78, 5) is 2.48. The molecule has 2 atom stereocenters. The summed E-state index contributed by atoms with van der Waals surface area (Å²) in [7, 11) is 1.74. The third kappa shape index (κ3) is 4.43. The van der Waals surface area contributed by atoms with Crippen LogP contribution in [0.1, 0.15) is 31.9 Å². The Hall–Kier alpha value is -1.10. The molecule has 1 aliphatic rings. The van der Waals surface area contributed by atoms with Gasteiger partial charge < -0.3 is 14.8 Å². The first kappa shape index (κ1) is 16.3. The standard InChI is InChI=1S/C17H28N2O2/c1-5-18-9-15-6-7-17(20-4)16(8-15)11-19-10-14(3)21-12-13(19)2/h6-8,13-14,18H,5,9-12H2,1-4H3. The van der Waals surface area contributed by atoms with Crippen LogP contribution in [0.25, 0.3) is 0 Å². The third-order valence-electron chi connectivity index (χ3n) is 4.03. The molecule has 1 heterocycles. The molecular formula is C17H28N2O2. The number of nitrogens with one attached hydrogen (secondary N) is 1. The highest BCUT2D eigenvalue weighted by molar-refractivity contribution is 5.37. The minimum absolute atomic E-state index is 0.303. The molecular weight excluding hydrogens is 264 g/mol. The summed E-state index contributed by atoms with van der Waals surface area (Å²) in [5, 5.41) is 3.37. The van der Waals surface area contributed by atoms with Crippen LogP contribution in [0.4, 0.5) is 0 Å². The lowest BCUT2D eigenvalue weighted by Gasteiger charge is -2.37. The van der Waals surface area contributed by atoms with Crippen molar-refractivity contribution in [2.45, 2.75) is 46.0 Å². The minimum atomic E-state index is 0.303. The van der Waals surface area contributed by atoms with Crippen LogP contribution in [-0.2, 0) is 17.8 Å². The van der Waals surface area contributed by atoms with Gasteiger partial charge in [-0.15, -0.1) is 0 Å². The third-order valence-corrected chi connectivity index (χ3v) is 4.03. The van der Waals surface area contributed by atoms with Crippen molar-refractivity contribution in [2.75, 3.05) is 26.8 Å². The maximum atomic E-state index is 5.71. The molecule has 1 aromatic rings. The Kier molecular flexibility index (Phi) is 6.03. The summed E-state index contributed by atoms with van der Waals surface area (Å²) in [6, 6.07) is 6.92. The quantitative estimate of drug-likeness (QED) is 0.873. The average Bonchev–Trinajstić information content (AvgIpc) is 2.49. The van der Waals surface area contributed by atoms with Crippen molar-refractivity contribution in [3.05, 3.63) is 29.3 Å². The van der Waals surface area contributed by atoms with Gasteiger partial charge in [-0.3, -0.25) is 4.90 Å². The van der Waals surface area contributed by atoms with Gasteiger partial charge in [-0.1, -0.05) is 13.0 Å². The Balaban J connectivity index is 2.12. The second-order valence-corrected chi connectivity index (χ2v) is 5.85. The molecule has 0 aromatic heterocycles. The van der Waals surface area contributed by atoms with Gasteiger partial charge >= 0.3 is 0 Å². The lowest BCUT2D eigenvalue weighted by atomic mass is 10.1. The number of benzene rings is 1. The van der Waals surface area contributed by atoms with Crippen molar-refractivity contribution in [2.24, 2.45) is 0 Å². The zero-order valence-corrected chi connectivity index (χ0v) is 13.7. The summed E-state index contributed by atoms with van der Waals surface area (Å²) >= 11 is 0. The van der Waals surface area contributed by atoms with E-state index < -0.39 is 0 Å². The topological polar surface area (TPSA) is 33.7 Å². The van der Waals surface area contributed by atoms with Gasteiger partial charge in [0.25, 0.3) is 0 Å². The second kappa shape index (κ2) is 7.78. The summed E-state index contributed by atoms with van der Waals surface area (Å²) in [5.74, 6) is 0.974. The molecule has 1 saturated heterocycles. The van der Waals surface area contributed by atoms with Gasteiger partial charge in [0, 0.05) is 31.2 Å². The van der Waals surface area contributed by atoms with Gasteiger partial charge in [0.1, 0.15) is 5.75 Å². The van der Waals surface area contributed by atoms with E-state index in [1.54, 1.807) is 7.11 Å². The van der Waals surface area contributed by atoms with E-state index in [-0.39, 0.29) is 0 Å². The van der Waals surface area contributed by atoms with Gasteiger partial charge in [-0.25, -0.2) is 0 Å². The number of hydrogen-bond donors (Lipinski definition) is 1. The molecule has 2 rings (SSSR count). The Morgan fingerprint density at radius 1 is 1.38 bits per heavy atom. The minimum Gasteiger partial charge on any atom is -0.496 e. The Morgan fingerprint density at radius 2 is 2.19 bits per heavy atom. The molecule has 118 valence electrons. The van der Waals surface area contributed by atoms with E-state index in [1.807, 2.05) is 0 Å². The van der Waals surface area contributed by atoms with E-state index in [1.165, 1.54) is 11.1 Å². The average molecular weight is 292 g/mol. The monoisotopic (exact) mass is 292 g/mol. The van der Waals surface area contributed by atoms with E-state index in [2.05, 4.69) is 49.2 Å². The van der Waals surface area contributed by atoms with Crippen LogP contribution in [0.5, 0.6) is 5.75 Å². The Bertz CT molecular complexity index is 450. The molecule has 0 aliphatic carbocycles. The van der Waals surface area contributed by atoms with Crippen molar-refractivity contribution in [3.63, 3.8) is 0 Å². The summed E-state index contributed by atoms with van der Waals surface area (Å²) in [6.45, 7) is 11.1. The fraction of sp³-hybridized carbons (Fsp3) is 0.647. The number of nitrogens with zero attached hydrogens (tertiary/aromatic N) is 1. The molecule has 2 unspecified atom stereocenters. The maximum absolute atomic E-state index is 5.71. The molecule has 0 bridgehead atoms. The van der Waals surface area contributed by atoms with E-state index in [4.69, 9.17) is 9.47 Å². The predicted octanol–water partition coefficient (Wildman–Crippen LogP) is 2.41. The molecule has 21 heavy (non-hydrogen) atoms. The summed E-state index contributed by atoms with van der Waals surface area (Å²) < 4.78 is 11.2. The van der Waals surface area contributed by atoms with Crippen LogP contribution >= 0.6 is 0 Å². The Morgan fingerprint density at radius 3 is 2.90 bits per heavy atom. The zero-order chi connectivity index (χ0) is 15.2. The molecule has 0 spiro atoms. The van der Waals surface area contributed by atoms with Crippen molar-refractivity contribution in [3.8, 4) is 5.75 Å². The highest BCUT2D eigenvalue weighted by Crippen LogP contribution is 2.24. The van der Waals surface area contributed by atoms with Crippen molar-refractivity contribution in [1.82, 2.24) is 10.2 Å². The molecule has 4 heteroatoms. The molecule has 1 N–H and O–H groups in total. The number of morpholine rings is 1. The van der Waals surface area contributed by atoms with Gasteiger partial charge in [0.15, 0.2) is 0 Å². The summed E-state index contributed by atoms with van der Waals surface area (Å²) in [6.07, 6.45) is 0.303. The van der Waals surface area contributed by atoms with Crippen LogP contribution < -0.4 is 10.1 Å². The van der Waals surface area contributed by atoms with E-state index in [0.717, 1.165) is 38.5 Å². The van der Waals surface area contributed by atoms with Crippen LogP contribution in [-0.4, -0.2) is 43.9 Å². The predicted molar refractivity (Wildman–Crippen MR) is 85.7 cm³/mol. The van der Waals surface area contributed by atoms with Gasteiger partial charge in [0.05, 0.1) is 19.8 Å². The molecule has 0 radical (unpaired) electrons. The fourth-order valence-corrected chi connectivity index (χ4v) is 2.75. The van der Waals surface area contributed by atoms with Crippen molar-refractivity contribution < 1.29 is 9.47 Å². The largest absolute Gasteiger partial charge is 0.496 e.